The van der Waals surface area contributed by atoms with Crippen LogP contribution in [-0.2, 0) is 6.42 Å². The molecular formula is C16H13NO2. The summed E-state index contributed by atoms with van der Waals surface area (Å²) in [4.78, 5) is 0. The monoisotopic (exact) mass is 251 g/mol. The summed E-state index contributed by atoms with van der Waals surface area (Å²) in [6.45, 7) is 0. The van der Waals surface area contributed by atoms with Crippen LogP contribution in [0.15, 0.2) is 42.5 Å². The Balaban J connectivity index is 2.24. The highest BCUT2D eigenvalue weighted by Gasteiger charge is 2.06. The third-order valence-electron chi connectivity index (χ3n) is 2.64. The van der Waals surface area contributed by atoms with Gasteiger partial charge in [-0.15, -0.1) is 0 Å². The Labute approximate surface area is 111 Å². The van der Waals surface area contributed by atoms with Crippen LogP contribution >= 0.6 is 0 Å². The van der Waals surface area contributed by atoms with E-state index in [1.807, 2.05) is 30.3 Å². The van der Waals surface area contributed by atoms with Gasteiger partial charge in [-0.2, -0.15) is 0 Å². The summed E-state index contributed by atoms with van der Waals surface area (Å²) in [5.74, 6) is 5.25. The standard InChI is InChI=1S/C16H13NO2/c17-11-13-9-14(16(19)15(18)10-13)8-4-7-12-5-2-1-3-6-12/h1-3,5-6,9-11,17-19H,7H2. The van der Waals surface area contributed by atoms with E-state index in [4.69, 9.17) is 5.41 Å². The van der Waals surface area contributed by atoms with Gasteiger partial charge < -0.3 is 15.6 Å². The van der Waals surface area contributed by atoms with E-state index in [1.165, 1.54) is 6.07 Å². The van der Waals surface area contributed by atoms with Crippen LogP contribution in [0, 0.1) is 17.3 Å². The van der Waals surface area contributed by atoms with E-state index >= 15 is 0 Å². The first-order chi connectivity index (χ1) is 9.20. The van der Waals surface area contributed by atoms with Crippen LogP contribution < -0.4 is 0 Å². The highest BCUT2D eigenvalue weighted by Crippen LogP contribution is 2.29. The van der Waals surface area contributed by atoms with Crippen molar-refractivity contribution in [2.75, 3.05) is 0 Å². The summed E-state index contributed by atoms with van der Waals surface area (Å²) in [6, 6.07) is 12.7. The van der Waals surface area contributed by atoms with Crippen molar-refractivity contribution in [3.8, 4) is 23.3 Å². The number of benzene rings is 2. The van der Waals surface area contributed by atoms with Gasteiger partial charge in [-0.05, 0) is 23.3 Å². The SMILES string of the molecule is N=Cc1cc(O)c(O)c(C#CCc2ccccc2)c1. The van der Waals surface area contributed by atoms with Gasteiger partial charge in [0.05, 0.1) is 5.56 Å². The summed E-state index contributed by atoms with van der Waals surface area (Å²) in [5, 5.41) is 26.3. The Morgan fingerprint density at radius 3 is 2.53 bits per heavy atom. The summed E-state index contributed by atoms with van der Waals surface area (Å²) in [7, 11) is 0. The molecule has 94 valence electrons. The molecule has 2 rings (SSSR count). The molecule has 0 amide bonds. The van der Waals surface area contributed by atoms with Gasteiger partial charge in [-0.1, -0.05) is 42.2 Å². The lowest BCUT2D eigenvalue weighted by Crippen LogP contribution is -1.85. The fourth-order valence-corrected chi connectivity index (χ4v) is 1.66. The first-order valence-electron chi connectivity index (χ1n) is 5.80. The maximum absolute atomic E-state index is 9.69. The van der Waals surface area contributed by atoms with E-state index in [0.29, 0.717) is 17.5 Å². The van der Waals surface area contributed by atoms with Crippen molar-refractivity contribution in [1.82, 2.24) is 0 Å². The van der Waals surface area contributed by atoms with Crippen LogP contribution in [0.2, 0.25) is 0 Å². The molecule has 0 aromatic heterocycles. The van der Waals surface area contributed by atoms with Crippen molar-refractivity contribution in [1.29, 1.82) is 5.41 Å². The molecule has 0 aliphatic heterocycles. The average molecular weight is 251 g/mol. The molecule has 0 aliphatic rings. The van der Waals surface area contributed by atoms with Crippen molar-refractivity contribution in [2.24, 2.45) is 0 Å². The summed E-state index contributed by atoms with van der Waals surface area (Å²) in [6.07, 6.45) is 1.66. The van der Waals surface area contributed by atoms with Crippen molar-refractivity contribution in [3.05, 3.63) is 59.2 Å². The minimum atomic E-state index is -0.259. The van der Waals surface area contributed by atoms with E-state index < -0.39 is 0 Å². The molecule has 19 heavy (non-hydrogen) atoms. The first kappa shape index (κ1) is 12.7. The highest BCUT2D eigenvalue weighted by molar-refractivity contribution is 5.80. The second-order valence-electron chi connectivity index (χ2n) is 4.04. The summed E-state index contributed by atoms with van der Waals surface area (Å²) >= 11 is 0. The molecule has 0 fully saturated rings. The van der Waals surface area contributed by atoms with Crippen LogP contribution in [-0.4, -0.2) is 16.4 Å². The Morgan fingerprint density at radius 1 is 1.11 bits per heavy atom. The van der Waals surface area contributed by atoms with E-state index in [9.17, 15) is 10.2 Å². The second-order valence-corrected chi connectivity index (χ2v) is 4.04. The maximum atomic E-state index is 9.69. The molecule has 0 bridgehead atoms. The minimum absolute atomic E-state index is 0.244. The Morgan fingerprint density at radius 2 is 1.84 bits per heavy atom. The topological polar surface area (TPSA) is 64.3 Å². The molecule has 0 saturated carbocycles. The van der Waals surface area contributed by atoms with E-state index in [2.05, 4.69) is 11.8 Å². The molecular weight excluding hydrogens is 238 g/mol. The van der Waals surface area contributed by atoms with E-state index in [0.717, 1.165) is 11.8 Å². The number of nitrogens with one attached hydrogen (secondary N) is 1. The Bertz CT molecular complexity index is 652. The van der Waals surface area contributed by atoms with Gasteiger partial charge in [0.1, 0.15) is 0 Å². The Hall–Kier alpha value is -2.73. The lowest BCUT2D eigenvalue weighted by atomic mass is 10.1. The fraction of sp³-hybridized carbons (Fsp3) is 0.0625. The molecule has 0 aliphatic carbocycles. The zero-order chi connectivity index (χ0) is 13.7. The number of rotatable bonds is 2. The van der Waals surface area contributed by atoms with Gasteiger partial charge in [0, 0.05) is 12.6 Å². The maximum Gasteiger partial charge on any atom is 0.173 e. The van der Waals surface area contributed by atoms with Crippen molar-refractivity contribution < 1.29 is 10.2 Å². The lowest BCUT2D eigenvalue weighted by molar-refractivity contribution is 0.402. The molecule has 2 aromatic carbocycles. The average Bonchev–Trinajstić information content (AvgIpc) is 2.44. The predicted octanol–water partition coefficient (Wildman–Crippen LogP) is 2.69. The normalized spacial score (nSPS) is 9.47. The van der Waals surface area contributed by atoms with Crippen LogP contribution in [0.3, 0.4) is 0 Å². The minimum Gasteiger partial charge on any atom is -0.504 e. The van der Waals surface area contributed by atoms with Crippen molar-refractivity contribution in [2.45, 2.75) is 6.42 Å². The third-order valence-corrected chi connectivity index (χ3v) is 2.64. The first-order valence-corrected chi connectivity index (χ1v) is 5.80. The molecule has 2 aromatic rings. The number of hydrogen-bond acceptors (Lipinski definition) is 3. The van der Waals surface area contributed by atoms with Crippen LogP contribution in [0.5, 0.6) is 11.5 Å². The molecule has 0 spiro atoms. The number of aromatic hydroxyl groups is 2. The van der Waals surface area contributed by atoms with Gasteiger partial charge in [0.25, 0.3) is 0 Å². The molecule has 0 unspecified atom stereocenters. The number of phenols is 2. The molecule has 3 nitrogen and oxygen atoms in total. The van der Waals surface area contributed by atoms with Crippen molar-refractivity contribution in [3.63, 3.8) is 0 Å². The fourth-order valence-electron chi connectivity index (χ4n) is 1.66. The summed E-state index contributed by atoms with van der Waals surface area (Å²) in [5.41, 5.74) is 1.91. The second kappa shape index (κ2) is 5.74. The Kier molecular flexibility index (Phi) is 3.84. The molecule has 0 saturated heterocycles. The smallest absolute Gasteiger partial charge is 0.173 e. The zero-order valence-corrected chi connectivity index (χ0v) is 10.2. The zero-order valence-electron chi connectivity index (χ0n) is 10.2. The van der Waals surface area contributed by atoms with Gasteiger partial charge >= 0.3 is 0 Å². The van der Waals surface area contributed by atoms with Crippen LogP contribution in [0.25, 0.3) is 0 Å². The van der Waals surface area contributed by atoms with Gasteiger partial charge in [-0.3, -0.25) is 0 Å². The third kappa shape index (κ3) is 3.14. The number of hydrogen-bond donors (Lipinski definition) is 3. The van der Waals surface area contributed by atoms with Gasteiger partial charge in [0.15, 0.2) is 11.5 Å². The van der Waals surface area contributed by atoms with Gasteiger partial charge in [-0.25, -0.2) is 0 Å². The molecule has 3 N–H and O–H groups in total. The van der Waals surface area contributed by atoms with Crippen molar-refractivity contribution >= 4 is 6.21 Å². The highest BCUT2D eigenvalue weighted by atomic mass is 16.3. The predicted molar refractivity (Wildman–Crippen MR) is 74.7 cm³/mol. The summed E-state index contributed by atoms with van der Waals surface area (Å²) < 4.78 is 0. The van der Waals surface area contributed by atoms with Gasteiger partial charge in [0.2, 0.25) is 0 Å². The molecule has 0 heterocycles. The van der Waals surface area contributed by atoms with Crippen LogP contribution in [0.4, 0.5) is 0 Å². The largest absolute Gasteiger partial charge is 0.504 e. The molecule has 0 atom stereocenters. The van der Waals surface area contributed by atoms with Crippen LogP contribution in [0.1, 0.15) is 16.7 Å². The molecule has 0 radical (unpaired) electrons. The lowest BCUT2D eigenvalue weighted by Gasteiger charge is -2.02. The van der Waals surface area contributed by atoms with E-state index in [-0.39, 0.29) is 11.5 Å². The molecule has 3 heteroatoms. The quantitative estimate of drug-likeness (QED) is 0.436. The number of phenolic OH excluding ortho intramolecular Hbond substituents is 2. The van der Waals surface area contributed by atoms with E-state index in [1.54, 1.807) is 6.07 Å².